The Morgan fingerprint density at radius 3 is 1.04 bits per heavy atom. The zero-order valence-corrected chi connectivity index (χ0v) is 37.6. The number of unbranched alkanes of at least 4 members (excludes halogenated alkanes) is 27. The van der Waals surface area contributed by atoms with Crippen molar-refractivity contribution in [2.45, 2.75) is 272 Å². The van der Waals surface area contributed by atoms with Crippen LogP contribution in [0.3, 0.4) is 0 Å². The topological polar surface area (TPSA) is 78.9 Å². The quantitative estimate of drug-likeness (QED) is 0.0348. The van der Waals surface area contributed by atoms with E-state index < -0.39 is 6.10 Å². The second-order valence-corrected chi connectivity index (χ2v) is 17.5. The van der Waals surface area contributed by atoms with E-state index >= 15 is 0 Å². The van der Waals surface area contributed by atoms with Crippen LogP contribution in [0.2, 0.25) is 0 Å². The minimum absolute atomic E-state index is 0.0648. The fraction of sp³-hybridized carbons (Fsp3) is 0.939. The van der Waals surface area contributed by atoms with Gasteiger partial charge in [0.15, 0.2) is 6.10 Å². The molecule has 6 heteroatoms. The monoisotopic (exact) mass is 779 g/mol. The third kappa shape index (κ3) is 41.9. The first-order valence-electron chi connectivity index (χ1n) is 24.3. The largest absolute Gasteiger partial charge is 0.462 e. The van der Waals surface area contributed by atoms with Crippen molar-refractivity contribution in [3.05, 3.63) is 0 Å². The first-order chi connectivity index (χ1) is 26.8. The van der Waals surface area contributed by atoms with Crippen molar-refractivity contribution < 1.29 is 28.6 Å². The van der Waals surface area contributed by atoms with Crippen molar-refractivity contribution >= 4 is 17.9 Å². The van der Waals surface area contributed by atoms with E-state index in [2.05, 4.69) is 34.6 Å². The molecule has 0 aromatic heterocycles. The molecule has 0 aliphatic carbocycles. The summed E-state index contributed by atoms with van der Waals surface area (Å²) in [7, 11) is 0. The number of ether oxygens (including phenoxy) is 3. The zero-order chi connectivity index (χ0) is 40.5. The minimum atomic E-state index is -0.760. The maximum atomic E-state index is 12.7. The highest BCUT2D eigenvalue weighted by molar-refractivity contribution is 5.71. The summed E-state index contributed by atoms with van der Waals surface area (Å²) >= 11 is 0. The standard InChI is InChI=1S/C49H94O6/c1-6-8-9-10-11-18-25-31-36-41-49(52)55-46(43-54-48(51)40-35-30-26-21-22-27-32-37-44(3)4)42-53-47(50)39-34-29-24-20-17-15-13-12-14-16-19-23-28-33-38-45(5)7-2/h44-46H,6-43H2,1-5H3/t45?,46-/m1/s1. The van der Waals surface area contributed by atoms with Crippen LogP contribution in [-0.4, -0.2) is 37.2 Å². The molecule has 0 aromatic rings. The van der Waals surface area contributed by atoms with Gasteiger partial charge in [-0.05, 0) is 31.1 Å². The Kier molecular flexibility index (Phi) is 40.8. The number of esters is 3. The van der Waals surface area contributed by atoms with Gasteiger partial charge in [0.1, 0.15) is 13.2 Å². The van der Waals surface area contributed by atoms with Crippen molar-refractivity contribution in [2.75, 3.05) is 13.2 Å². The zero-order valence-electron chi connectivity index (χ0n) is 37.6. The summed E-state index contributed by atoms with van der Waals surface area (Å²) < 4.78 is 16.7. The molecule has 0 radical (unpaired) electrons. The third-order valence-electron chi connectivity index (χ3n) is 11.3. The fourth-order valence-electron chi connectivity index (χ4n) is 7.25. The normalized spacial score (nSPS) is 12.5. The maximum absolute atomic E-state index is 12.7. The molecule has 2 atom stereocenters. The predicted molar refractivity (Wildman–Crippen MR) is 233 cm³/mol. The van der Waals surface area contributed by atoms with Crippen LogP contribution in [-0.2, 0) is 28.6 Å². The molecule has 0 bridgehead atoms. The van der Waals surface area contributed by atoms with Gasteiger partial charge in [-0.1, -0.05) is 227 Å². The lowest BCUT2D eigenvalue weighted by Gasteiger charge is -2.18. The predicted octanol–water partition coefficient (Wildman–Crippen LogP) is 15.4. The highest BCUT2D eigenvalue weighted by Gasteiger charge is 2.19. The van der Waals surface area contributed by atoms with E-state index in [-0.39, 0.29) is 31.1 Å². The minimum Gasteiger partial charge on any atom is -0.462 e. The smallest absolute Gasteiger partial charge is 0.306 e. The Balaban J connectivity index is 4.22. The molecule has 326 valence electrons. The number of hydrogen-bond donors (Lipinski definition) is 0. The molecule has 55 heavy (non-hydrogen) atoms. The molecule has 0 spiro atoms. The lowest BCUT2D eigenvalue weighted by molar-refractivity contribution is -0.167. The fourth-order valence-corrected chi connectivity index (χ4v) is 7.25. The molecule has 6 nitrogen and oxygen atoms in total. The van der Waals surface area contributed by atoms with Gasteiger partial charge in [-0.3, -0.25) is 14.4 Å². The Hall–Kier alpha value is -1.59. The summed E-state index contributed by atoms with van der Waals surface area (Å²) in [6.07, 6.45) is 40.9. The van der Waals surface area contributed by atoms with E-state index in [0.29, 0.717) is 19.3 Å². The van der Waals surface area contributed by atoms with Crippen LogP contribution in [0.25, 0.3) is 0 Å². The number of rotatable bonds is 43. The van der Waals surface area contributed by atoms with Gasteiger partial charge in [-0.15, -0.1) is 0 Å². The summed E-state index contributed by atoms with van der Waals surface area (Å²) in [5, 5.41) is 0. The Bertz CT molecular complexity index is 841. The molecule has 1 unspecified atom stereocenters. The highest BCUT2D eigenvalue weighted by atomic mass is 16.6. The average Bonchev–Trinajstić information content (AvgIpc) is 3.17. The molecule has 0 saturated heterocycles. The number of carbonyl (C=O) groups is 3. The van der Waals surface area contributed by atoms with Gasteiger partial charge in [0, 0.05) is 19.3 Å². The van der Waals surface area contributed by atoms with E-state index in [4.69, 9.17) is 14.2 Å². The summed E-state index contributed by atoms with van der Waals surface area (Å²) in [5.41, 5.74) is 0. The van der Waals surface area contributed by atoms with Crippen molar-refractivity contribution in [1.29, 1.82) is 0 Å². The van der Waals surface area contributed by atoms with Gasteiger partial charge in [-0.25, -0.2) is 0 Å². The summed E-state index contributed by atoms with van der Waals surface area (Å²) in [4.78, 5) is 37.7. The maximum Gasteiger partial charge on any atom is 0.306 e. The Labute approximate surface area is 342 Å². The molecular formula is C49H94O6. The van der Waals surface area contributed by atoms with Crippen molar-refractivity contribution in [2.24, 2.45) is 11.8 Å². The second kappa shape index (κ2) is 42.0. The van der Waals surface area contributed by atoms with E-state index in [0.717, 1.165) is 69.6 Å². The molecule has 0 fully saturated rings. The van der Waals surface area contributed by atoms with Crippen LogP contribution in [0.5, 0.6) is 0 Å². The van der Waals surface area contributed by atoms with Gasteiger partial charge in [0.05, 0.1) is 0 Å². The van der Waals surface area contributed by atoms with Gasteiger partial charge in [-0.2, -0.15) is 0 Å². The van der Waals surface area contributed by atoms with Crippen LogP contribution in [0.15, 0.2) is 0 Å². The number of hydrogen-bond acceptors (Lipinski definition) is 6. The molecule has 0 saturated carbocycles. The van der Waals surface area contributed by atoms with Crippen LogP contribution in [0.4, 0.5) is 0 Å². The average molecular weight is 779 g/mol. The highest BCUT2D eigenvalue weighted by Crippen LogP contribution is 2.17. The van der Waals surface area contributed by atoms with Crippen LogP contribution in [0, 0.1) is 11.8 Å². The van der Waals surface area contributed by atoms with Gasteiger partial charge in [0.25, 0.3) is 0 Å². The van der Waals surface area contributed by atoms with E-state index in [1.807, 2.05) is 0 Å². The second-order valence-electron chi connectivity index (χ2n) is 17.5. The molecule has 0 aromatic carbocycles. The van der Waals surface area contributed by atoms with Crippen LogP contribution >= 0.6 is 0 Å². The summed E-state index contributed by atoms with van der Waals surface area (Å²) in [5.74, 6) is 0.819. The van der Waals surface area contributed by atoms with Gasteiger partial charge >= 0.3 is 17.9 Å². The first kappa shape index (κ1) is 53.4. The number of carbonyl (C=O) groups excluding carboxylic acids is 3. The van der Waals surface area contributed by atoms with Crippen LogP contribution < -0.4 is 0 Å². The van der Waals surface area contributed by atoms with Gasteiger partial charge in [0.2, 0.25) is 0 Å². The molecule has 0 heterocycles. The first-order valence-corrected chi connectivity index (χ1v) is 24.3. The molecular weight excluding hydrogens is 685 g/mol. The molecule has 0 aliphatic rings. The Morgan fingerprint density at radius 2 is 0.691 bits per heavy atom. The lowest BCUT2D eigenvalue weighted by Crippen LogP contribution is -2.30. The summed E-state index contributed by atoms with van der Waals surface area (Å²) in [6, 6.07) is 0. The van der Waals surface area contributed by atoms with Crippen molar-refractivity contribution in [3.63, 3.8) is 0 Å². The van der Waals surface area contributed by atoms with Crippen molar-refractivity contribution in [3.8, 4) is 0 Å². The van der Waals surface area contributed by atoms with E-state index in [9.17, 15) is 14.4 Å². The molecule has 0 amide bonds. The Morgan fingerprint density at radius 1 is 0.382 bits per heavy atom. The van der Waals surface area contributed by atoms with Crippen LogP contribution in [0.1, 0.15) is 266 Å². The third-order valence-corrected chi connectivity index (χ3v) is 11.3. The van der Waals surface area contributed by atoms with E-state index in [1.165, 1.54) is 154 Å². The van der Waals surface area contributed by atoms with Crippen molar-refractivity contribution in [1.82, 2.24) is 0 Å². The lowest BCUT2D eigenvalue weighted by atomic mass is 9.99. The SMILES string of the molecule is CCCCCCCCCCCC(=O)O[C@H](COC(=O)CCCCCCCCCCCCCCCCC(C)CC)COC(=O)CCCCCCCCCC(C)C. The van der Waals surface area contributed by atoms with Gasteiger partial charge < -0.3 is 14.2 Å². The van der Waals surface area contributed by atoms with E-state index in [1.54, 1.807) is 0 Å². The summed E-state index contributed by atoms with van der Waals surface area (Å²) in [6.45, 7) is 11.3. The molecule has 0 rings (SSSR count). The molecule has 0 aliphatic heterocycles. The molecule has 0 N–H and O–H groups in total.